The summed E-state index contributed by atoms with van der Waals surface area (Å²) in [5.41, 5.74) is -0.530. The second kappa shape index (κ2) is 12.4. The Labute approximate surface area is 284 Å². The predicted octanol–water partition coefficient (Wildman–Crippen LogP) is 7.04. The molecule has 5 aliphatic rings. The molecule has 0 saturated heterocycles. The fourth-order valence-electron chi connectivity index (χ4n) is 11.8. The van der Waals surface area contributed by atoms with Crippen LogP contribution in [0, 0.1) is 50.2 Å². The molecule has 9 atom stereocenters. The van der Waals surface area contributed by atoms with Crippen LogP contribution in [0.5, 0.6) is 0 Å². The molecule has 5 aliphatic carbocycles. The minimum atomic E-state index is -1.08. The normalized spacial score (nSPS) is 41.2. The summed E-state index contributed by atoms with van der Waals surface area (Å²) in [4.78, 5) is 60.8. The number of carboxylic acids is 3. The van der Waals surface area contributed by atoms with E-state index in [9.17, 15) is 29.1 Å². The molecule has 48 heavy (non-hydrogen) atoms. The molecule has 0 spiro atoms. The Kier molecular flexibility index (Phi) is 9.43. The Morgan fingerprint density at radius 3 is 2.00 bits per heavy atom. The summed E-state index contributed by atoms with van der Waals surface area (Å²) in [5, 5.41) is 28.9. The van der Waals surface area contributed by atoms with Crippen LogP contribution in [0.25, 0.3) is 0 Å². The fraction of sp³-hybridized carbons (Fsp3) is 0.816. The highest BCUT2D eigenvalue weighted by atomic mass is 16.6. The molecular formula is C38H56O10. The number of allylic oxidation sites excluding steroid dienone is 2. The van der Waals surface area contributed by atoms with Crippen LogP contribution in [0.1, 0.15) is 131 Å². The van der Waals surface area contributed by atoms with Crippen LogP contribution in [-0.4, -0.2) is 57.9 Å². The summed E-state index contributed by atoms with van der Waals surface area (Å²) in [6.07, 6.45) is 8.52. The molecule has 268 valence electrons. The summed E-state index contributed by atoms with van der Waals surface area (Å²) in [6.45, 7) is 13.7. The predicted molar refractivity (Wildman–Crippen MR) is 176 cm³/mol. The van der Waals surface area contributed by atoms with Gasteiger partial charge in [-0.1, -0.05) is 53.2 Å². The first kappa shape index (κ1) is 36.4. The van der Waals surface area contributed by atoms with Gasteiger partial charge in [0.25, 0.3) is 0 Å². The third-order valence-corrected chi connectivity index (χ3v) is 14.7. The van der Waals surface area contributed by atoms with Crippen molar-refractivity contribution in [2.24, 2.45) is 50.2 Å². The number of carbonyl (C=O) groups is 5. The summed E-state index contributed by atoms with van der Waals surface area (Å²) < 4.78 is 11.8. The molecule has 3 N–H and O–H groups in total. The van der Waals surface area contributed by atoms with Crippen LogP contribution in [0.2, 0.25) is 0 Å². The van der Waals surface area contributed by atoms with Crippen molar-refractivity contribution in [3.8, 4) is 0 Å². The van der Waals surface area contributed by atoms with Crippen LogP contribution in [-0.2, 0) is 33.4 Å². The lowest BCUT2D eigenvalue weighted by atomic mass is 9.33. The maximum atomic E-state index is 13.0. The second-order valence-corrected chi connectivity index (χ2v) is 17.6. The van der Waals surface area contributed by atoms with E-state index in [1.54, 1.807) is 0 Å². The van der Waals surface area contributed by atoms with Gasteiger partial charge >= 0.3 is 29.8 Å². The fourth-order valence-corrected chi connectivity index (χ4v) is 11.8. The summed E-state index contributed by atoms with van der Waals surface area (Å²) in [6, 6.07) is 0. The summed E-state index contributed by atoms with van der Waals surface area (Å²) >= 11 is 0. The number of fused-ring (bicyclic) bond motifs is 7. The molecule has 0 amide bonds. The van der Waals surface area contributed by atoms with Crippen molar-refractivity contribution in [1.82, 2.24) is 0 Å². The van der Waals surface area contributed by atoms with Crippen LogP contribution >= 0.6 is 0 Å². The zero-order valence-electron chi connectivity index (χ0n) is 29.7. The number of ether oxygens (including phenoxy) is 2. The van der Waals surface area contributed by atoms with Gasteiger partial charge in [0.2, 0.25) is 0 Å². The van der Waals surface area contributed by atoms with E-state index in [0.717, 1.165) is 44.9 Å². The van der Waals surface area contributed by atoms with E-state index in [0.29, 0.717) is 19.3 Å². The second-order valence-electron chi connectivity index (χ2n) is 17.6. The van der Waals surface area contributed by atoms with E-state index in [1.165, 1.54) is 5.57 Å². The summed E-state index contributed by atoms with van der Waals surface area (Å²) in [7, 11) is 0. The zero-order valence-corrected chi connectivity index (χ0v) is 29.7. The van der Waals surface area contributed by atoms with Gasteiger partial charge in [0.05, 0.1) is 31.1 Å². The number of hydrogen-bond donors (Lipinski definition) is 3. The van der Waals surface area contributed by atoms with Crippen LogP contribution < -0.4 is 0 Å². The number of esters is 2. The van der Waals surface area contributed by atoms with Crippen molar-refractivity contribution >= 4 is 29.8 Å². The third kappa shape index (κ3) is 5.86. The first-order valence-electron chi connectivity index (χ1n) is 18.0. The topological polar surface area (TPSA) is 164 Å². The monoisotopic (exact) mass is 672 g/mol. The van der Waals surface area contributed by atoms with Crippen LogP contribution in [0.15, 0.2) is 11.6 Å². The van der Waals surface area contributed by atoms with Gasteiger partial charge in [0, 0.05) is 5.41 Å². The van der Waals surface area contributed by atoms with Gasteiger partial charge in [-0.25, -0.2) is 0 Å². The average Bonchev–Trinajstić information content (AvgIpc) is 2.99. The lowest BCUT2D eigenvalue weighted by molar-refractivity contribution is -0.227. The van der Waals surface area contributed by atoms with Crippen molar-refractivity contribution in [2.75, 3.05) is 6.61 Å². The highest BCUT2D eigenvalue weighted by Crippen LogP contribution is 2.76. The minimum Gasteiger partial charge on any atom is -0.481 e. The Morgan fingerprint density at radius 2 is 1.38 bits per heavy atom. The lowest BCUT2D eigenvalue weighted by Crippen LogP contribution is -2.66. The van der Waals surface area contributed by atoms with E-state index in [4.69, 9.17) is 19.7 Å². The lowest BCUT2D eigenvalue weighted by Gasteiger charge is -2.71. The van der Waals surface area contributed by atoms with Gasteiger partial charge in [-0.2, -0.15) is 0 Å². The molecule has 0 aliphatic heterocycles. The number of hydrogen-bond acceptors (Lipinski definition) is 7. The van der Waals surface area contributed by atoms with Gasteiger partial charge in [-0.05, 0) is 104 Å². The molecule has 0 bridgehead atoms. The number of aliphatic carboxylic acids is 3. The Hall–Kier alpha value is -2.91. The van der Waals surface area contributed by atoms with E-state index in [-0.39, 0.29) is 71.7 Å². The van der Waals surface area contributed by atoms with Crippen molar-refractivity contribution in [3.05, 3.63) is 11.6 Å². The van der Waals surface area contributed by atoms with Gasteiger partial charge in [-0.3, -0.25) is 24.0 Å². The molecule has 0 aromatic heterocycles. The Bertz CT molecular complexity index is 1380. The standard InChI is InChI=1S/C38H56O10/c1-33(2)17-19-38(32(45)46)20-18-36(5)23(24(38)21-33)7-8-26-34(3)15-14-27(48-31(44)12-10-29(41)42)35(4,25(34)13-16-37(26,36)6)22-47-30(43)11-9-28(39)40/h7,24-27H,8-22H2,1-6H3,(H,39,40)(H,41,42)(H,45,46). The van der Waals surface area contributed by atoms with Gasteiger partial charge in [0.1, 0.15) is 12.7 Å². The van der Waals surface area contributed by atoms with Crippen molar-refractivity contribution < 1.29 is 48.8 Å². The van der Waals surface area contributed by atoms with Crippen molar-refractivity contribution in [1.29, 1.82) is 0 Å². The molecule has 0 heterocycles. The third-order valence-electron chi connectivity index (χ3n) is 14.7. The van der Waals surface area contributed by atoms with E-state index in [1.807, 2.05) is 6.92 Å². The molecule has 4 fully saturated rings. The quantitative estimate of drug-likeness (QED) is 0.162. The Morgan fingerprint density at radius 1 is 0.750 bits per heavy atom. The highest BCUT2D eigenvalue weighted by Gasteiger charge is 2.70. The van der Waals surface area contributed by atoms with Crippen molar-refractivity contribution in [2.45, 2.75) is 138 Å². The molecule has 10 nitrogen and oxygen atoms in total. The molecule has 0 radical (unpaired) electrons. The first-order chi connectivity index (χ1) is 22.2. The first-order valence-corrected chi connectivity index (χ1v) is 18.0. The molecular weight excluding hydrogens is 616 g/mol. The molecule has 10 heteroatoms. The molecule has 0 aromatic rings. The van der Waals surface area contributed by atoms with Gasteiger partial charge in [-0.15, -0.1) is 0 Å². The van der Waals surface area contributed by atoms with Crippen LogP contribution in [0.3, 0.4) is 0 Å². The molecule has 0 aromatic carbocycles. The highest BCUT2D eigenvalue weighted by molar-refractivity contribution is 5.78. The number of rotatable bonds is 10. The maximum Gasteiger partial charge on any atom is 0.310 e. The summed E-state index contributed by atoms with van der Waals surface area (Å²) in [5.74, 6) is -3.74. The Balaban J connectivity index is 1.49. The van der Waals surface area contributed by atoms with Crippen LogP contribution in [0.4, 0.5) is 0 Å². The number of carbonyl (C=O) groups excluding carboxylic acids is 2. The van der Waals surface area contributed by atoms with E-state index < -0.39 is 46.8 Å². The van der Waals surface area contributed by atoms with E-state index >= 15 is 0 Å². The van der Waals surface area contributed by atoms with Gasteiger partial charge < -0.3 is 24.8 Å². The smallest absolute Gasteiger partial charge is 0.310 e. The van der Waals surface area contributed by atoms with Gasteiger partial charge in [0.15, 0.2) is 0 Å². The molecule has 4 saturated carbocycles. The minimum absolute atomic E-state index is 0.00948. The SMILES string of the molecule is CC1(C)CCC2(C(=O)O)CCC3(C)C(=CCC4C5(C)CCC(OC(=O)CCC(=O)O)C(C)(COC(=O)CCC(=O)O)C5CCC43C)C2C1. The zero-order chi connectivity index (χ0) is 35.5. The largest absolute Gasteiger partial charge is 0.481 e. The van der Waals surface area contributed by atoms with E-state index in [2.05, 4.69) is 40.7 Å². The molecule has 5 rings (SSSR count). The van der Waals surface area contributed by atoms with Crippen molar-refractivity contribution in [3.63, 3.8) is 0 Å². The number of carboxylic acid groups (broad SMARTS) is 3. The maximum absolute atomic E-state index is 13.0. The average molecular weight is 673 g/mol. The molecule has 9 unspecified atom stereocenters.